The molecule has 4 nitrogen and oxygen atoms in total. The summed E-state index contributed by atoms with van der Waals surface area (Å²) in [6.45, 7) is 2.30. The number of primary amides is 1. The molecule has 2 rings (SSSR count). The first-order chi connectivity index (χ1) is 7.63. The minimum Gasteiger partial charge on any atom is -0.479 e. The van der Waals surface area contributed by atoms with Gasteiger partial charge in [0.05, 0.1) is 6.61 Å². The normalized spacial score (nSPS) is 10.6. The number of benzene rings is 1. The second-order valence-electron chi connectivity index (χ2n) is 3.32. The molecule has 2 aromatic rings. The predicted molar refractivity (Wildman–Crippen MR) is 63.0 cm³/mol. The van der Waals surface area contributed by atoms with Crippen molar-refractivity contribution < 1.29 is 9.53 Å². The summed E-state index contributed by atoms with van der Waals surface area (Å²) in [6, 6.07) is 5.21. The number of amides is 1. The highest BCUT2D eigenvalue weighted by molar-refractivity contribution is 6.31. The maximum Gasteiger partial charge on any atom is 0.254 e. The number of rotatable bonds is 3. The molecule has 3 N–H and O–H groups in total. The first-order valence-corrected chi connectivity index (χ1v) is 5.25. The smallest absolute Gasteiger partial charge is 0.254 e. The monoisotopic (exact) mass is 238 g/mol. The molecule has 84 valence electrons. The molecule has 16 heavy (non-hydrogen) atoms. The van der Waals surface area contributed by atoms with Crippen LogP contribution in [0.5, 0.6) is 5.88 Å². The van der Waals surface area contributed by atoms with Crippen molar-refractivity contribution in [3.8, 4) is 5.88 Å². The highest BCUT2D eigenvalue weighted by Gasteiger charge is 2.17. The van der Waals surface area contributed by atoms with Crippen molar-refractivity contribution in [3.05, 3.63) is 28.8 Å². The van der Waals surface area contributed by atoms with Crippen molar-refractivity contribution in [1.82, 2.24) is 4.98 Å². The molecule has 0 saturated heterocycles. The van der Waals surface area contributed by atoms with Gasteiger partial charge in [0.1, 0.15) is 5.56 Å². The van der Waals surface area contributed by atoms with E-state index in [1.165, 1.54) is 0 Å². The largest absolute Gasteiger partial charge is 0.479 e. The van der Waals surface area contributed by atoms with Crippen LogP contribution < -0.4 is 10.5 Å². The molecule has 0 spiro atoms. The maximum atomic E-state index is 11.4. The Labute approximate surface area is 97.3 Å². The van der Waals surface area contributed by atoms with Gasteiger partial charge in [0.2, 0.25) is 5.88 Å². The minimum absolute atomic E-state index is 0.347. The van der Waals surface area contributed by atoms with Gasteiger partial charge in [-0.05, 0) is 25.1 Å². The van der Waals surface area contributed by atoms with E-state index < -0.39 is 5.91 Å². The van der Waals surface area contributed by atoms with E-state index >= 15 is 0 Å². The summed E-state index contributed by atoms with van der Waals surface area (Å²) in [5.74, 6) is -0.135. The van der Waals surface area contributed by atoms with Gasteiger partial charge in [0.25, 0.3) is 5.91 Å². The van der Waals surface area contributed by atoms with E-state index in [0.717, 1.165) is 5.52 Å². The van der Waals surface area contributed by atoms with E-state index in [4.69, 9.17) is 22.1 Å². The van der Waals surface area contributed by atoms with Gasteiger partial charge in [0, 0.05) is 15.9 Å². The molecule has 0 atom stereocenters. The van der Waals surface area contributed by atoms with Crippen molar-refractivity contribution in [2.45, 2.75) is 6.92 Å². The zero-order valence-electron chi connectivity index (χ0n) is 8.71. The second kappa shape index (κ2) is 4.06. The number of aromatic amines is 1. The topological polar surface area (TPSA) is 68.1 Å². The molecule has 1 heterocycles. The number of hydrogen-bond donors (Lipinski definition) is 2. The Bertz CT molecular complexity index is 548. The van der Waals surface area contributed by atoms with Gasteiger partial charge in [-0.3, -0.25) is 4.79 Å². The van der Waals surface area contributed by atoms with Gasteiger partial charge in [-0.1, -0.05) is 11.6 Å². The Morgan fingerprint density at radius 3 is 2.94 bits per heavy atom. The average Bonchev–Trinajstić information content (AvgIpc) is 2.55. The second-order valence-corrected chi connectivity index (χ2v) is 3.75. The number of aromatic nitrogens is 1. The SMILES string of the molecule is CCOc1[nH]c2ccc(Cl)cc2c1C(N)=O. The molecular weight excluding hydrogens is 228 g/mol. The van der Waals surface area contributed by atoms with Crippen LogP contribution in [0.1, 0.15) is 17.3 Å². The lowest BCUT2D eigenvalue weighted by molar-refractivity contribution is 0.0998. The van der Waals surface area contributed by atoms with Crippen LogP contribution in [0.4, 0.5) is 0 Å². The molecule has 0 bridgehead atoms. The first kappa shape index (κ1) is 10.8. The number of carbonyl (C=O) groups excluding carboxylic acids is 1. The Morgan fingerprint density at radius 1 is 1.56 bits per heavy atom. The quantitative estimate of drug-likeness (QED) is 0.862. The van der Waals surface area contributed by atoms with E-state index in [2.05, 4.69) is 4.98 Å². The fourth-order valence-corrected chi connectivity index (χ4v) is 1.81. The first-order valence-electron chi connectivity index (χ1n) is 4.87. The van der Waals surface area contributed by atoms with Crippen LogP contribution in [0.25, 0.3) is 10.9 Å². The molecular formula is C11H11ClN2O2. The molecule has 0 aliphatic carbocycles. The Hall–Kier alpha value is -1.68. The minimum atomic E-state index is -0.531. The lowest BCUT2D eigenvalue weighted by Crippen LogP contribution is -2.12. The summed E-state index contributed by atoms with van der Waals surface area (Å²) in [5, 5.41) is 1.24. The third kappa shape index (κ3) is 1.72. The summed E-state index contributed by atoms with van der Waals surface area (Å²) in [6.07, 6.45) is 0. The highest BCUT2D eigenvalue weighted by atomic mass is 35.5. The number of fused-ring (bicyclic) bond motifs is 1. The number of H-pyrrole nitrogens is 1. The van der Waals surface area contributed by atoms with Crippen molar-refractivity contribution in [3.63, 3.8) is 0 Å². The summed E-state index contributed by atoms with van der Waals surface area (Å²) in [5.41, 5.74) is 6.45. The fourth-order valence-electron chi connectivity index (χ4n) is 1.64. The van der Waals surface area contributed by atoms with Gasteiger partial charge in [-0.15, -0.1) is 0 Å². The number of nitrogens with two attached hydrogens (primary N) is 1. The summed E-state index contributed by atoms with van der Waals surface area (Å²) in [4.78, 5) is 14.4. The molecule has 1 aromatic carbocycles. The zero-order chi connectivity index (χ0) is 11.7. The lowest BCUT2D eigenvalue weighted by Gasteiger charge is -2.01. The van der Waals surface area contributed by atoms with E-state index in [1.54, 1.807) is 18.2 Å². The lowest BCUT2D eigenvalue weighted by atomic mass is 10.1. The van der Waals surface area contributed by atoms with Gasteiger partial charge >= 0.3 is 0 Å². The molecule has 0 unspecified atom stereocenters. The summed E-state index contributed by atoms with van der Waals surface area (Å²) >= 11 is 5.87. The molecule has 0 aliphatic rings. The number of halogens is 1. The van der Waals surface area contributed by atoms with Crippen molar-refractivity contribution in [1.29, 1.82) is 0 Å². The molecule has 0 fully saturated rings. The van der Waals surface area contributed by atoms with E-state index in [0.29, 0.717) is 28.5 Å². The predicted octanol–water partition coefficient (Wildman–Crippen LogP) is 2.32. The average molecular weight is 239 g/mol. The van der Waals surface area contributed by atoms with Crippen LogP contribution in [0.2, 0.25) is 5.02 Å². The maximum absolute atomic E-state index is 11.4. The molecule has 0 aliphatic heterocycles. The van der Waals surface area contributed by atoms with Crippen molar-refractivity contribution in [2.24, 2.45) is 5.73 Å². The van der Waals surface area contributed by atoms with Crippen LogP contribution >= 0.6 is 11.6 Å². The van der Waals surface area contributed by atoms with Gasteiger partial charge < -0.3 is 15.5 Å². The molecule has 1 aromatic heterocycles. The van der Waals surface area contributed by atoms with Gasteiger partial charge in [-0.25, -0.2) is 0 Å². The molecule has 0 radical (unpaired) electrons. The fraction of sp³-hybridized carbons (Fsp3) is 0.182. The summed E-state index contributed by atoms with van der Waals surface area (Å²) < 4.78 is 5.32. The van der Waals surface area contributed by atoms with Crippen LogP contribution in [0, 0.1) is 0 Å². The van der Waals surface area contributed by atoms with Crippen LogP contribution in [-0.4, -0.2) is 17.5 Å². The Balaban J connectivity index is 2.72. The van der Waals surface area contributed by atoms with Gasteiger partial charge in [-0.2, -0.15) is 0 Å². The number of ether oxygens (including phenoxy) is 1. The van der Waals surface area contributed by atoms with Crippen molar-refractivity contribution >= 4 is 28.4 Å². The van der Waals surface area contributed by atoms with Crippen LogP contribution in [0.3, 0.4) is 0 Å². The number of hydrogen-bond acceptors (Lipinski definition) is 2. The van der Waals surface area contributed by atoms with Crippen molar-refractivity contribution in [2.75, 3.05) is 6.61 Å². The van der Waals surface area contributed by atoms with Crippen LogP contribution in [0.15, 0.2) is 18.2 Å². The van der Waals surface area contributed by atoms with E-state index in [1.807, 2.05) is 6.92 Å². The summed E-state index contributed by atoms with van der Waals surface area (Å²) in [7, 11) is 0. The zero-order valence-corrected chi connectivity index (χ0v) is 9.47. The molecule has 0 saturated carbocycles. The molecule has 5 heteroatoms. The van der Waals surface area contributed by atoms with Crippen LogP contribution in [-0.2, 0) is 0 Å². The Kier molecular flexibility index (Phi) is 2.75. The van der Waals surface area contributed by atoms with Gasteiger partial charge in [0.15, 0.2) is 0 Å². The van der Waals surface area contributed by atoms with E-state index in [9.17, 15) is 4.79 Å². The third-order valence-corrected chi connectivity index (χ3v) is 2.50. The van der Waals surface area contributed by atoms with E-state index in [-0.39, 0.29) is 0 Å². The number of nitrogens with one attached hydrogen (secondary N) is 1. The molecule has 1 amide bonds. The number of carbonyl (C=O) groups is 1. The highest BCUT2D eigenvalue weighted by Crippen LogP contribution is 2.29. The standard InChI is InChI=1S/C11H11ClN2O2/c1-2-16-11-9(10(13)15)7-5-6(12)3-4-8(7)14-11/h3-5,14H,2H2,1H3,(H2,13,15). The third-order valence-electron chi connectivity index (χ3n) is 2.26. The Morgan fingerprint density at radius 2 is 2.31 bits per heavy atom.